The zero-order chi connectivity index (χ0) is 13.4. The third-order valence-corrected chi connectivity index (χ3v) is 3.53. The molecule has 0 amide bonds. The van der Waals surface area contributed by atoms with Gasteiger partial charge in [-0.2, -0.15) is 0 Å². The lowest BCUT2D eigenvalue weighted by atomic mass is 10.2. The van der Waals surface area contributed by atoms with Crippen LogP contribution in [-0.4, -0.2) is 50.8 Å². The van der Waals surface area contributed by atoms with E-state index in [0.717, 1.165) is 38.5 Å². The first-order valence-corrected chi connectivity index (χ1v) is 7.30. The summed E-state index contributed by atoms with van der Waals surface area (Å²) in [5, 5.41) is 10.4. The van der Waals surface area contributed by atoms with E-state index in [1.54, 1.807) is 0 Å². The molecule has 18 heavy (non-hydrogen) atoms. The van der Waals surface area contributed by atoms with Crippen LogP contribution in [0.3, 0.4) is 0 Å². The second-order valence-electron chi connectivity index (χ2n) is 5.49. The van der Waals surface area contributed by atoms with Crippen molar-refractivity contribution in [3.8, 4) is 0 Å². The maximum absolute atomic E-state index is 5.87. The summed E-state index contributed by atoms with van der Waals surface area (Å²) in [6.07, 6.45) is 2.33. The van der Waals surface area contributed by atoms with Crippen LogP contribution in [0.25, 0.3) is 0 Å². The summed E-state index contributed by atoms with van der Waals surface area (Å²) in [7, 11) is 0. The SMILES string of the molecule is CCC(N)CNCC1CC1NC(C)CNCCN. The maximum atomic E-state index is 5.87. The van der Waals surface area contributed by atoms with Gasteiger partial charge in [-0.15, -0.1) is 0 Å². The molecule has 1 aliphatic carbocycles. The molecule has 4 unspecified atom stereocenters. The monoisotopic (exact) mass is 257 g/mol. The first-order valence-electron chi connectivity index (χ1n) is 7.30. The highest BCUT2D eigenvalue weighted by atomic mass is 15.1. The Bertz CT molecular complexity index is 212. The molecule has 1 aliphatic rings. The van der Waals surface area contributed by atoms with Crippen LogP contribution in [0.2, 0.25) is 0 Å². The van der Waals surface area contributed by atoms with E-state index < -0.39 is 0 Å². The number of nitrogens with one attached hydrogen (secondary N) is 3. The van der Waals surface area contributed by atoms with E-state index in [1.165, 1.54) is 6.42 Å². The smallest absolute Gasteiger partial charge is 0.0166 e. The molecule has 1 saturated carbocycles. The number of hydrogen-bond acceptors (Lipinski definition) is 5. The standard InChI is InChI=1S/C13H31N5/c1-3-12(15)9-17-8-11-6-13(11)18-10(2)7-16-5-4-14/h10-13,16-18H,3-9,14-15H2,1-2H3. The summed E-state index contributed by atoms with van der Waals surface area (Å²) in [6.45, 7) is 8.98. The van der Waals surface area contributed by atoms with Crippen LogP contribution < -0.4 is 27.4 Å². The Kier molecular flexibility index (Phi) is 7.77. The Hall–Kier alpha value is -0.200. The van der Waals surface area contributed by atoms with Crippen molar-refractivity contribution >= 4 is 0 Å². The fraction of sp³-hybridized carbons (Fsp3) is 1.00. The minimum Gasteiger partial charge on any atom is -0.329 e. The molecule has 0 bridgehead atoms. The normalized spacial score (nSPS) is 26.0. The molecule has 0 saturated heterocycles. The summed E-state index contributed by atoms with van der Waals surface area (Å²) in [4.78, 5) is 0. The molecular formula is C13H31N5. The third-order valence-electron chi connectivity index (χ3n) is 3.53. The molecule has 0 radical (unpaired) electrons. The van der Waals surface area contributed by atoms with Crippen LogP contribution >= 0.6 is 0 Å². The quantitative estimate of drug-likeness (QED) is 0.314. The van der Waals surface area contributed by atoms with E-state index in [-0.39, 0.29) is 0 Å². The lowest BCUT2D eigenvalue weighted by molar-refractivity contribution is 0.476. The van der Waals surface area contributed by atoms with Crippen LogP contribution in [0.1, 0.15) is 26.7 Å². The maximum Gasteiger partial charge on any atom is 0.0166 e. The largest absolute Gasteiger partial charge is 0.329 e. The summed E-state index contributed by atoms with van der Waals surface area (Å²) in [5.74, 6) is 0.783. The van der Waals surface area contributed by atoms with Crippen LogP contribution in [0.15, 0.2) is 0 Å². The summed E-state index contributed by atoms with van der Waals surface area (Å²) >= 11 is 0. The van der Waals surface area contributed by atoms with Gasteiger partial charge in [-0.3, -0.25) is 0 Å². The Morgan fingerprint density at radius 3 is 2.72 bits per heavy atom. The van der Waals surface area contributed by atoms with Crippen molar-refractivity contribution in [1.82, 2.24) is 16.0 Å². The third kappa shape index (κ3) is 6.66. The van der Waals surface area contributed by atoms with Gasteiger partial charge in [0.2, 0.25) is 0 Å². The number of hydrogen-bond donors (Lipinski definition) is 5. The Morgan fingerprint density at radius 2 is 2.06 bits per heavy atom. The molecule has 0 aromatic heterocycles. The lowest BCUT2D eigenvalue weighted by Gasteiger charge is -2.15. The fourth-order valence-electron chi connectivity index (χ4n) is 2.12. The van der Waals surface area contributed by atoms with Crippen molar-refractivity contribution in [3.05, 3.63) is 0 Å². The zero-order valence-electron chi connectivity index (χ0n) is 11.9. The van der Waals surface area contributed by atoms with Crippen molar-refractivity contribution < 1.29 is 0 Å². The van der Waals surface area contributed by atoms with Gasteiger partial charge in [0.1, 0.15) is 0 Å². The highest BCUT2D eigenvalue weighted by Crippen LogP contribution is 2.29. The summed E-state index contributed by atoms with van der Waals surface area (Å²) in [5.41, 5.74) is 11.3. The molecule has 4 atom stereocenters. The van der Waals surface area contributed by atoms with Gasteiger partial charge in [0.05, 0.1) is 0 Å². The van der Waals surface area contributed by atoms with Gasteiger partial charge < -0.3 is 27.4 Å². The van der Waals surface area contributed by atoms with Gasteiger partial charge in [-0.1, -0.05) is 6.92 Å². The Balaban J connectivity index is 1.96. The molecule has 5 nitrogen and oxygen atoms in total. The van der Waals surface area contributed by atoms with Crippen molar-refractivity contribution in [2.75, 3.05) is 32.7 Å². The topological polar surface area (TPSA) is 88.1 Å². The highest BCUT2D eigenvalue weighted by molar-refractivity contribution is 4.96. The van der Waals surface area contributed by atoms with E-state index >= 15 is 0 Å². The van der Waals surface area contributed by atoms with Gasteiger partial charge in [-0.25, -0.2) is 0 Å². The van der Waals surface area contributed by atoms with E-state index in [9.17, 15) is 0 Å². The average Bonchev–Trinajstić information content (AvgIpc) is 3.07. The van der Waals surface area contributed by atoms with Crippen LogP contribution in [0.5, 0.6) is 0 Å². The first kappa shape index (κ1) is 15.9. The lowest BCUT2D eigenvalue weighted by Crippen LogP contribution is -2.40. The van der Waals surface area contributed by atoms with Gasteiger partial charge in [0.15, 0.2) is 0 Å². The second kappa shape index (κ2) is 8.82. The molecular weight excluding hydrogens is 226 g/mol. The number of nitrogens with two attached hydrogens (primary N) is 2. The minimum absolute atomic E-state index is 0.301. The molecule has 108 valence electrons. The summed E-state index contributed by atoms with van der Waals surface area (Å²) in [6, 6.07) is 1.50. The van der Waals surface area contributed by atoms with Crippen molar-refractivity contribution in [2.24, 2.45) is 17.4 Å². The predicted molar refractivity (Wildman–Crippen MR) is 77.6 cm³/mol. The summed E-state index contributed by atoms with van der Waals surface area (Å²) < 4.78 is 0. The van der Waals surface area contributed by atoms with Gasteiger partial charge in [0.25, 0.3) is 0 Å². The van der Waals surface area contributed by atoms with Gasteiger partial charge in [0, 0.05) is 44.3 Å². The van der Waals surface area contributed by atoms with E-state index in [0.29, 0.717) is 24.7 Å². The van der Waals surface area contributed by atoms with Gasteiger partial charge >= 0.3 is 0 Å². The van der Waals surface area contributed by atoms with E-state index in [2.05, 4.69) is 29.8 Å². The molecule has 0 heterocycles. The first-order chi connectivity index (χ1) is 8.67. The average molecular weight is 257 g/mol. The van der Waals surface area contributed by atoms with Crippen LogP contribution in [0.4, 0.5) is 0 Å². The fourth-order valence-corrected chi connectivity index (χ4v) is 2.12. The molecule has 1 rings (SSSR count). The van der Waals surface area contributed by atoms with E-state index in [1.807, 2.05) is 0 Å². The molecule has 0 spiro atoms. The van der Waals surface area contributed by atoms with Crippen molar-refractivity contribution in [1.29, 1.82) is 0 Å². The predicted octanol–water partition coefficient (Wildman–Crippen LogP) is -0.772. The van der Waals surface area contributed by atoms with Crippen molar-refractivity contribution in [2.45, 2.75) is 44.8 Å². The Labute approximate surface area is 111 Å². The van der Waals surface area contributed by atoms with Crippen LogP contribution in [-0.2, 0) is 0 Å². The minimum atomic E-state index is 0.301. The van der Waals surface area contributed by atoms with Crippen molar-refractivity contribution in [3.63, 3.8) is 0 Å². The molecule has 0 aromatic carbocycles. The number of rotatable bonds is 11. The molecule has 7 N–H and O–H groups in total. The van der Waals surface area contributed by atoms with E-state index in [4.69, 9.17) is 11.5 Å². The highest BCUT2D eigenvalue weighted by Gasteiger charge is 2.36. The molecule has 0 aliphatic heterocycles. The molecule has 1 fully saturated rings. The Morgan fingerprint density at radius 1 is 1.28 bits per heavy atom. The molecule has 5 heteroatoms. The molecule has 0 aromatic rings. The van der Waals surface area contributed by atoms with Crippen LogP contribution in [0, 0.1) is 5.92 Å². The second-order valence-corrected chi connectivity index (χ2v) is 5.49. The zero-order valence-corrected chi connectivity index (χ0v) is 11.9. The van der Waals surface area contributed by atoms with Gasteiger partial charge in [-0.05, 0) is 32.2 Å².